The average molecular weight is 779 g/mol. The van der Waals surface area contributed by atoms with Crippen molar-refractivity contribution >= 4 is 11.9 Å². The topological polar surface area (TPSA) is 125 Å². The van der Waals surface area contributed by atoms with Crippen LogP contribution in [-0.4, -0.2) is 51.6 Å². The maximum atomic E-state index is 13.6. The first-order chi connectivity index (χ1) is 27.3. The van der Waals surface area contributed by atoms with Gasteiger partial charge in [-0.3, -0.25) is 4.79 Å². The predicted octanol–water partition coefficient (Wildman–Crippen LogP) is 10.6. The highest BCUT2D eigenvalue weighted by atomic mass is 16.6. The molecule has 3 aromatic rings. The minimum atomic E-state index is -0.792. The molecule has 11 heteroatoms. The van der Waals surface area contributed by atoms with Gasteiger partial charge in [-0.1, -0.05) is 80.1 Å². The van der Waals surface area contributed by atoms with Crippen LogP contribution in [0.4, 0.5) is 0 Å². The summed E-state index contributed by atoms with van der Waals surface area (Å²) in [6, 6.07) is 11.5. The van der Waals surface area contributed by atoms with Gasteiger partial charge in [0.05, 0.1) is 50.8 Å². The fraction of sp³-hybridized carbons (Fsp3) is 0.533. The van der Waals surface area contributed by atoms with E-state index in [9.17, 15) is 14.4 Å². The Labute approximate surface area is 332 Å². The van der Waals surface area contributed by atoms with Crippen LogP contribution in [0.5, 0.6) is 46.0 Å². The van der Waals surface area contributed by atoms with E-state index in [-0.39, 0.29) is 22.6 Å². The molecule has 0 aliphatic carbocycles. The molecular formula is C45H62O11. The van der Waals surface area contributed by atoms with Crippen molar-refractivity contribution < 1.29 is 47.5 Å². The van der Waals surface area contributed by atoms with Crippen LogP contribution < -0.4 is 43.3 Å². The van der Waals surface area contributed by atoms with Crippen molar-refractivity contribution in [2.45, 2.75) is 119 Å². The van der Waals surface area contributed by atoms with Crippen molar-refractivity contribution in [2.75, 3.05) is 39.6 Å². The molecule has 3 aromatic carbocycles. The number of unbranched alkanes of at least 4 members (excludes halogenated alkanes) is 6. The number of carbonyl (C=O) groups excluding carboxylic acids is 2. The second-order valence-electron chi connectivity index (χ2n) is 13.4. The fourth-order valence-electron chi connectivity index (χ4n) is 5.06. The molecule has 0 atom stereocenters. The van der Waals surface area contributed by atoms with Crippen LogP contribution in [0, 0.1) is 0 Å². The van der Waals surface area contributed by atoms with Gasteiger partial charge in [0.15, 0.2) is 28.7 Å². The molecule has 308 valence electrons. The molecule has 0 heterocycles. The molecule has 3 rings (SSSR count). The maximum absolute atomic E-state index is 13.6. The molecule has 0 bridgehead atoms. The first-order valence-corrected chi connectivity index (χ1v) is 20.5. The predicted molar refractivity (Wildman–Crippen MR) is 218 cm³/mol. The summed E-state index contributed by atoms with van der Waals surface area (Å²) in [4.78, 5) is 40.3. The molecule has 0 N–H and O–H groups in total. The number of benzene rings is 2. The number of carbonyl (C=O) groups is 2. The molecule has 0 aliphatic rings. The molecule has 0 unspecified atom stereocenters. The smallest absolute Gasteiger partial charge is 0.343 e. The maximum Gasteiger partial charge on any atom is 0.343 e. The van der Waals surface area contributed by atoms with Gasteiger partial charge in [-0.25, -0.2) is 9.59 Å². The molecule has 0 fully saturated rings. The summed E-state index contributed by atoms with van der Waals surface area (Å²) in [6.45, 7) is 15.1. The van der Waals surface area contributed by atoms with E-state index >= 15 is 0 Å². The van der Waals surface area contributed by atoms with Crippen LogP contribution in [-0.2, 0) is 0 Å². The molecule has 11 nitrogen and oxygen atoms in total. The molecule has 0 saturated carbocycles. The van der Waals surface area contributed by atoms with E-state index in [1.54, 1.807) is 24.3 Å². The standard InChI is InChI=1S/C45H62O11/c1-7-13-23-49-38-29-33(30-39(50-24-14-8-2)42(38)53-27-17-11-5)44(47)55-35-19-21-36(46)37(22-20-35)56-45(48)34-31-40(51-25-15-9-3)43(54-28-18-12-6)41(32-34)52-26-16-10-4/h19-22,29-32H,7-18,23-28H2,1-6H3. The van der Waals surface area contributed by atoms with Gasteiger partial charge in [0.1, 0.15) is 5.75 Å². The van der Waals surface area contributed by atoms with Crippen molar-refractivity contribution in [1.29, 1.82) is 0 Å². The van der Waals surface area contributed by atoms with Gasteiger partial charge in [-0.15, -0.1) is 0 Å². The van der Waals surface area contributed by atoms with Crippen LogP contribution in [0.2, 0.25) is 0 Å². The Balaban J connectivity index is 1.91. The van der Waals surface area contributed by atoms with E-state index in [4.69, 9.17) is 37.9 Å². The fourth-order valence-corrected chi connectivity index (χ4v) is 5.06. The van der Waals surface area contributed by atoms with Crippen molar-refractivity contribution in [3.05, 3.63) is 69.9 Å². The van der Waals surface area contributed by atoms with Crippen LogP contribution in [0.25, 0.3) is 0 Å². The van der Waals surface area contributed by atoms with Crippen LogP contribution in [0.1, 0.15) is 139 Å². The Bertz CT molecular complexity index is 1640. The van der Waals surface area contributed by atoms with E-state index < -0.39 is 17.4 Å². The van der Waals surface area contributed by atoms with Crippen molar-refractivity contribution in [3.8, 4) is 46.0 Å². The minimum absolute atomic E-state index is 0.0615. The number of hydrogen-bond acceptors (Lipinski definition) is 11. The number of hydrogen-bond donors (Lipinski definition) is 0. The molecule has 56 heavy (non-hydrogen) atoms. The third-order valence-corrected chi connectivity index (χ3v) is 8.48. The summed E-state index contributed by atoms with van der Waals surface area (Å²) < 4.78 is 47.9. The Morgan fingerprint density at radius 3 is 1.09 bits per heavy atom. The Kier molecular flexibility index (Phi) is 21.1. The van der Waals surface area contributed by atoms with Gasteiger partial charge < -0.3 is 37.9 Å². The molecule has 0 saturated heterocycles. The number of ether oxygens (including phenoxy) is 8. The first kappa shape index (κ1) is 45.5. The quantitative estimate of drug-likeness (QED) is 0.0516. The zero-order valence-corrected chi connectivity index (χ0v) is 34.3. The second kappa shape index (κ2) is 26.0. The van der Waals surface area contributed by atoms with Crippen LogP contribution in [0.15, 0.2) is 53.3 Å². The molecule has 0 radical (unpaired) electrons. The summed E-state index contributed by atoms with van der Waals surface area (Å²) in [5, 5.41) is 0. The summed E-state index contributed by atoms with van der Waals surface area (Å²) in [6.07, 6.45) is 10.5. The highest BCUT2D eigenvalue weighted by Gasteiger charge is 2.23. The second-order valence-corrected chi connectivity index (χ2v) is 13.4. The SMILES string of the molecule is CCCCOc1cc(C(=O)Oc2ccc(OC(=O)c3cc(OCCCC)c(OCCCC)c(OCCCC)c3)c(=O)cc2)cc(OCCCC)c1OCCCC. The Hall–Kier alpha value is -4.93. The largest absolute Gasteiger partial charge is 0.490 e. The van der Waals surface area contributed by atoms with E-state index in [0.717, 1.165) is 77.0 Å². The average Bonchev–Trinajstić information content (AvgIpc) is 3.36. The van der Waals surface area contributed by atoms with Gasteiger partial charge in [0, 0.05) is 0 Å². The molecule has 0 spiro atoms. The molecular weight excluding hydrogens is 716 g/mol. The lowest BCUT2D eigenvalue weighted by atomic mass is 10.1. The Morgan fingerprint density at radius 2 is 0.732 bits per heavy atom. The first-order valence-electron chi connectivity index (χ1n) is 20.5. The van der Waals surface area contributed by atoms with Gasteiger partial charge in [0.2, 0.25) is 16.9 Å². The minimum Gasteiger partial charge on any atom is -0.490 e. The lowest BCUT2D eigenvalue weighted by molar-refractivity contribution is 0.0721. The molecule has 0 aromatic heterocycles. The highest BCUT2D eigenvalue weighted by Crippen LogP contribution is 2.41. The summed E-state index contributed by atoms with van der Waals surface area (Å²) in [7, 11) is 0. The normalized spacial score (nSPS) is 10.8. The lowest BCUT2D eigenvalue weighted by Gasteiger charge is -2.18. The third kappa shape index (κ3) is 15.0. The zero-order chi connectivity index (χ0) is 40.5. The summed E-state index contributed by atoms with van der Waals surface area (Å²) >= 11 is 0. The zero-order valence-electron chi connectivity index (χ0n) is 34.3. The monoisotopic (exact) mass is 778 g/mol. The lowest BCUT2D eigenvalue weighted by Crippen LogP contribution is -2.14. The Morgan fingerprint density at radius 1 is 0.411 bits per heavy atom. The summed E-state index contributed by atoms with van der Waals surface area (Å²) in [5.41, 5.74) is -0.285. The number of esters is 2. The van der Waals surface area contributed by atoms with E-state index in [2.05, 4.69) is 41.5 Å². The van der Waals surface area contributed by atoms with Crippen LogP contribution in [0.3, 0.4) is 0 Å². The molecule has 0 aliphatic heterocycles. The number of rotatable bonds is 28. The van der Waals surface area contributed by atoms with Crippen molar-refractivity contribution in [2.24, 2.45) is 0 Å². The van der Waals surface area contributed by atoms with Gasteiger partial charge in [0.25, 0.3) is 0 Å². The third-order valence-electron chi connectivity index (χ3n) is 8.48. The van der Waals surface area contributed by atoms with Gasteiger partial charge >= 0.3 is 11.9 Å². The molecule has 0 amide bonds. The van der Waals surface area contributed by atoms with Crippen molar-refractivity contribution in [3.63, 3.8) is 0 Å². The van der Waals surface area contributed by atoms with Crippen LogP contribution >= 0.6 is 0 Å². The van der Waals surface area contributed by atoms with Gasteiger partial charge in [-0.05, 0) is 87.1 Å². The van der Waals surface area contributed by atoms with Gasteiger partial charge in [-0.2, -0.15) is 0 Å². The van der Waals surface area contributed by atoms with E-state index in [1.165, 1.54) is 24.3 Å². The summed E-state index contributed by atoms with van der Waals surface area (Å²) in [5.74, 6) is 0.715. The van der Waals surface area contributed by atoms with E-state index in [1.807, 2.05) is 0 Å². The van der Waals surface area contributed by atoms with E-state index in [0.29, 0.717) is 74.1 Å². The van der Waals surface area contributed by atoms with Crippen molar-refractivity contribution in [1.82, 2.24) is 0 Å². The highest BCUT2D eigenvalue weighted by molar-refractivity contribution is 5.93.